The van der Waals surface area contributed by atoms with Gasteiger partial charge in [-0.25, -0.2) is 0 Å². The van der Waals surface area contributed by atoms with Crippen LogP contribution in [0.1, 0.15) is 49.4 Å². The van der Waals surface area contributed by atoms with Crippen LogP contribution in [0.2, 0.25) is 0 Å². The van der Waals surface area contributed by atoms with Gasteiger partial charge in [0.2, 0.25) is 5.91 Å². The van der Waals surface area contributed by atoms with Gasteiger partial charge in [0.05, 0.1) is 0 Å². The summed E-state index contributed by atoms with van der Waals surface area (Å²) in [4.78, 5) is 42.1. The molecule has 5 N–H and O–H groups in total. The highest BCUT2D eigenvalue weighted by Crippen LogP contribution is 2.36. The fourth-order valence-corrected chi connectivity index (χ4v) is 5.74. The van der Waals surface area contributed by atoms with Gasteiger partial charge in [0.25, 0.3) is 11.8 Å². The standard InChI is InChI=1S/C26H38N6O3S/c1-2-32-25(35)21(36-26(32)22(27)24(34)30-16-18-9-10-18)17-29-20-8-5-7-19(15-20)23(33)28-11-6-14-31-12-3-4-13-31/h5,7-8,15,18,21,29H,2-4,6,9-14,16-17,27H2,1H3,(H,28,33)(H,30,34)/b26-22+/t21-/m1/s1. The van der Waals surface area contributed by atoms with Crippen molar-refractivity contribution >= 4 is 35.2 Å². The van der Waals surface area contributed by atoms with Crippen LogP contribution >= 0.6 is 11.8 Å². The molecule has 9 nitrogen and oxygen atoms in total. The molecule has 2 saturated heterocycles. The summed E-state index contributed by atoms with van der Waals surface area (Å²) in [5.41, 5.74) is 7.60. The highest BCUT2D eigenvalue weighted by atomic mass is 32.2. The Morgan fingerprint density at radius 2 is 1.92 bits per heavy atom. The van der Waals surface area contributed by atoms with E-state index in [2.05, 4.69) is 20.9 Å². The predicted molar refractivity (Wildman–Crippen MR) is 143 cm³/mol. The summed E-state index contributed by atoms with van der Waals surface area (Å²) in [5, 5.41) is 9.27. The average molecular weight is 515 g/mol. The second kappa shape index (κ2) is 12.5. The minimum Gasteiger partial charge on any atom is -0.392 e. The first-order chi connectivity index (χ1) is 17.5. The topological polar surface area (TPSA) is 120 Å². The van der Waals surface area contributed by atoms with Crippen LogP contribution in [0.15, 0.2) is 35.0 Å². The van der Waals surface area contributed by atoms with Gasteiger partial charge in [-0.05, 0) is 82.8 Å². The Hall–Kier alpha value is -2.72. The van der Waals surface area contributed by atoms with Crippen LogP contribution in [-0.2, 0) is 9.59 Å². The first-order valence-corrected chi connectivity index (χ1v) is 13.9. The van der Waals surface area contributed by atoms with Gasteiger partial charge in [0, 0.05) is 37.4 Å². The summed E-state index contributed by atoms with van der Waals surface area (Å²) >= 11 is 1.32. The number of hydrogen-bond donors (Lipinski definition) is 4. The number of nitrogens with one attached hydrogen (secondary N) is 3. The molecule has 1 atom stereocenters. The lowest BCUT2D eigenvalue weighted by Gasteiger charge is -2.16. The molecule has 1 aliphatic carbocycles. The zero-order valence-electron chi connectivity index (χ0n) is 21.1. The Balaban J connectivity index is 1.28. The number of nitrogens with zero attached hydrogens (tertiary/aromatic N) is 2. The van der Waals surface area contributed by atoms with E-state index in [4.69, 9.17) is 5.73 Å². The zero-order chi connectivity index (χ0) is 25.5. The normalized spacial score (nSPS) is 21.5. The van der Waals surface area contributed by atoms with E-state index in [-0.39, 0.29) is 23.4 Å². The van der Waals surface area contributed by atoms with Gasteiger partial charge in [0.15, 0.2) is 0 Å². The summed E-state index contributed by atoms with van der Waals surface area (Å²) in [6.07, 6.45) is 5.76. The molecule has 1 aromatic rings. The molecule has 1 aromatic carbocycles. The number of amides is 3. The van der Waals surface area contributed by atoms with Crippen LogP contribution in [0.5, 0.6) is 0 Å². The van der Waals surface area contributed by atoms with Crippen molar-refractivity contribution in [2.45, 2.75) is 44.3 Å². The van der Waals surface area contributed by atoms with Crippen LogP contribution in [0.3, 0.4) is 0 Å². The Labute approximate surface area is 217 Å². The molecule has 0 unspecified atom stereocenters. The molecule has 36 heavy (non-hydrogen) atoms. The van der Waals surface area contributed by atoms with Crippen molar-refractivity contribution in [1.82, 2.24) is 20.4 Å². The zero-order valence-corrected chi connectivity index (χ0v) is 21.9. The van der Waals surface area contributed by atoms with Crippen molar-refractivity contribution < 1.29 is 14.4 Å². The molecule has 0 bridgehead atoms. The van der Waals surface area contributed by atoms with Gasteiger partial charge in [-0.1, -0.05) is 17.8 Å². The molecule has 196 valence electrons. The van der Waals surface area contributed by atoms with Crippen molar-refractivity contribution in [2.75, 3.05) is 51.1 Å². The van der Waals surface area contributed by atoms with E-state index in [0.717, 1.165) is 44.6 Å². The first-order valence-electron chi connectivity index (χ1n) is 13.1. The van der Waals surface area contributed by atoms with E-state index in [9.17, 15) is 14.4 Å². The second-order valence-corrected chi connectivity index (χ2v) is 10.9. The molecule has 0 aromatic heterocycles. The molecular formula is C26H38N6O3S. The van der Waals surface area contributed by atoms with Crippen LogP contribution < -0.4 is 21.7 Å². The first kappa shape index (κ1) is 26.3. The molecule has 0 spiro atoms. The fraction of sp³-hybridized carbons (Fsp3) is 0.577. The SMILES string of the molecule is CCN1C(=O)[C@@H](CNc2cccc(C(=O)NCCCN3CCCC3)c2)S/C1=C(/N)C(=O)NCC1CC1. The highest BCUT2D eigenvalue weighted by molar-refractivity contribution is 8.04. The van der Waals surface area contributed by atoms with Crippen LogP contribution in [0.4, 0.5) is 5.69 Å². The molecule has 1 saturated carbocycles. The van der Waals surface area contributed by atoms with E-state index in [1.165, 1.54) is 24.6 Å². The Bertz CT molecular complexity index is 990. The third-order valence-corrected chi connectivity index (χ3v) is 8.15. The fourth-order valence-electron chi connectivity index (χ4n) is 4.51. The largest absolute Gasteiger partial charge is 0.392 e. The molecule has 10 heteroatoms. The van der Waals surface area contributed by atoms with Crippen LogP contribution in [0, 0.1) is 5.92 Å². The summed E-state index contributed by atoms with van der Waals surface area (Å²) in [7, 11) is 0. The molecule has 3 fully saturated rings. The van der Waals surface area contributed by atoms with E-state index < -0.39 is 5.25 Å². The maximum atomic E-state index is 13.0. The molecular weight excluding hydrogens is 476 g/mol. The van der Waals surface area contributed by atoms with E-state index in [1.807, 2.05) is 19.1 Å². The molecule has 3 amide bonds. The van der Waals surface area contributed by atoms with Gasteiger partial charge in [-0.15, -0.1) is 0 Å². The number of carbonyl (C=O) groups is 3. The molecule has 4 rings (SSSR count). The number of nitrogens with two attached hydrogens (primary N) is 1. The third-order valence-electron chi connectivity index (χ3n) is 6.83. The minimum absolute atomic E-state index is 0.0742. The monoisotopic (exact) mass is 514 g/mol. The lowest BCUT2D eigenvalue weighted by Crippen LogP contribution is -2.35. The molecule has 3 aliphatic rings. The van der Waals surface area contributed by atoms with Gasteiger partial charge < -0.3 is 31.5 Å². The molecule has 0 radical (unpaired) electrons. The number of thioether (sulfide) groups is 1. The van der Waals surface area contributed by atoms with Gasteiger partial charge in [-0.3, -0.25) is 14.4 Å². The number of hydrogen-bond acceptors (Lipinski definition) is 7. The van der Waals surface area contributed by atoms with Crippen LogP contribution in [-0.4, -0.2) is 78.6 Å². The minimum atomic E-state index is -0.405. The smallest absolute Gasteiger partial charge is 0.269 e. The van der Waals surface area contributed by atoms with Crippen molar-refractivity contribution in [2.24, 2.45) is 11.7 Å². The van der Waals surface area contributed by atoms with Gasteiger partial charge >= 0.3 is 0 Å². The molecule has 2 aliphatic heterocycles. The Morgan fingerprint density at radius 3 is 2.64 bits per heavy atom. The molecule has 2 heterocycles. The number of likely N-dealkylation sites (tertiary alicyclic amines) is 1. The van der Waals surface area contributed by atoms with E-state index in [1.54, 1.807) is 17.0 Å². The summed E-state index contributed by atoms with van der Waals surface area (Å²) in [6.45, 7) is 7.31. The highest BCUT2D eigenvalue weighted by Gasteiger charge is 2.38. The Kier molecular flexibility index (Phi) is 9.14. The quantitative estimate of drug-likeness (QED) is 0.249. The van der Waals surface area contributed by atoms with Crippen LogP contribution in [0.25, 0.3) is 0 Å². The van der Waals surface area contributed by atoms with Crippen molar-refractivity contribution in [1.29, 1.82) is 0 Å². The second-order valence-electron chi connectivity index (χ2n) is 9.68. The number of benzene rings is 1. The lowest BCUT2D eigenvalue weighted by molar-refractivity contribution is -0.127. The maximum Gasteiger partial charge on any atom is 0.269 e. The summed E-state index contributed by atoms with van der Waals surface area (Å²) in [6, 6.07) is 7.30. The maximum absolute atomic E-state index is 13.0. The van der Waals surface area contributed by atoms with Crippen molar-refractivity contribution in [3.8, 4) is 0 Å². The number of anilines is 1. The van der Waals surface area contributed by atoms with Crippen molar-refractivity contribution in [3.63, 3.8) is 0 Å². The van der Waals surface area contributed by atoms with Gasteiger partial charge in [0.1, 0.15) is 16.0 Å². The lowest BCUT2D eigenvalue weighted by atomic mass is 10.2. The average Bonchev–Trinajstić information content (AvgIpc) is 3.47. The van der Waals surface area contributed by atoms with Gasteiger partial charge in [-0.2, -0.15) is 0 Å². The summed E-state index contributed by atoms with van der Waals surface area (Å²) < 4.78 is 0. The van der Waals surface area contributed by atoms with E-state index >= 15 is 0 Å². The number of rotatable bonds is 12. The third kappa shape index (κ3) is 6.94. The van der Waals surface area contributed by atoms with Crippen molar-refractivity contribution in [3.05, 3.63) is 40.6 Å². The predicted octanol–water partition coefficient (Wildman–Crippen LogP) is 1.93. The van der Waals surface area contributed by atoms with E-state index in [0.29, 0.717) is 42.7 Å². The number of carbonyl (C=O) groups excluding carboxylic acids is 3. The summed E-state index contributed by atoms with van der Waals surface area (Å²) in [5.74, 6) is 0.0635. The Morgan fingerprint density at radius 1 is 1.14 bits per heavy atom.